The molecule has 0 heterocycles. The van der Waals surface area contributed by atoms with Crippen LogP contribution in [0.25, 0.3) is 0 Å². The molecule has 0 aliphatic carbocycles. The van der Waals surface area contributed by atoms with E-state index in [0.29, 0.717) is 6.54 Å². The second-order valence-corrected chi connectivity index (χ2v) is 3.25. The highest BCUT2D eigenvalue weighted by molar-refractivity contribution is 6.33. The first-order valence-corrected chi connectivity index (χ1v) is 4.19. The van der Waals surface area contributed by atoms with Gasteiger partial charge in [0.1, 0.15) is 0 Å². The van der Waals surface area contributed by atoms with Crippen LogP contribution in [0.4, 0.5) is 5.69 Å². The average molecular weight is 185 g/mol. The van der Waals surface area contributed by atoms with Gasteiger partial charge in [-0.25, -0.2) is 0 Å². The maximum atomic E-state index is 6.01. The third-order valence-electron chi connectivity index (χ3n) is 1.74. The highest BCUT2D eigenvalue weighted by atomic mass is 35.5. The van der Waals surface area contributed by atoms with E-state index in [9.17, 15) is 0 Å². The zero-order valence-corrected chi connectivity index (χ0v) is 8.10. The topological polar surface area (TPSA) is 29.3 Å². The number of para-hydroxylation sites is 1. The number of nitrogens with zero attached hydrogens (tertiary/aromatic N) is 1. The van der Waals surface area contributed by atoms with Crippen molar-refractivity contribution in [3.8, 4) is 0 Å². The Labute approximate surface area is 77.9 Å². The molecule has 0 amide bonds. The van der Waals surface area contributed by atoms with Crippen LogP contribution < -0.4 is 10.6 Å². The molecule has 2 nitrogen and oxygen atoms in total. The Morgan fingerprint density at radius 3 is 2.50 bits per heavy atom. The molecule has 1 rings (SSSR count). The van der Waals surface area contributed by atoms with E-state index in [4.69, 9.17) is 17.3 Å². The molecule has 0 aromatic heterocycles. The molecular formula is C9H13ClN2. The quantitative estimate of drug-likeness (QED) is 0.761. The summed E-state index contributed by atoms with van der Waals surface area (Å²) in [5, 5.41) is 0.753. The lowest BCUT2D eigenvalue weighted by molar-refractivity contribution is 1.03. The van der Waals surface area contributed by atoms with Crippen molar-refractivity contribution in [1.29, 1.82) is 0 Å². The van der Waals surface area contributed by atoms with Crippen molar-refractivity contribution in [2.45, 2.75) is 6.54 Å². The Hall–Kier alpha value is -0.730. The lowest BCUT2D eigenvalue weighted by atomic mass is 10.1. The first-order chi connectivity index (χ1) is 5.66. The van der Waals surface area contributed by atoms with Crippen LogP contribution in [-0.2, 0) is 6.54 Å². The second kappa shape index (κ2) is 3.78. The number of hydrogen-bond donors (Lipinski definition) is 1. The van der Waals surface area contributed by atoms with Crippen LogP contribution in [0.1, 0.15) is 5.56 Å². The van der Waals surface area contributed by atoms with Crippen LogP contribution in [0.15, 0.2) is 18.2 Å². The van der Waals surface area contributed by atoms with Gasteiger partial charge < -0.3 is 10.6 Å². The van der Waals surface area contributed by atoms with Gasteiger partial charge in [0.05, 0.1) is 10.7 Å². The Bertz CT molecular complexity index is 271. The lowest BCUT2D eigenvalue weighted by Crippen LogP contribution is -2.13. The molecule has 0 fully saturated rings. The van der Waals surface area contributed by atoms with E-state index < -0.39 is 0 Å². The van der Waals surface area contributed by atoms with E-state index in [0.717, 1.165) is 16.3 Å². The largest absolute Gasteiger partial charge is 0.376 e. The second-order valence-electron chi connectivity index (χ2n) is 2.85. The normalized spacial score (nSPS) is 10.0. The summed E-state index contributed by atoms with van der Waals surface area (Å²) in [4.78, 5) is 1.98. The molecule has 66 valence electrons. The van der Waals surface area contributed by atoms with Crippen molar-refractivity contribution in [3.63, 3.8) is 0 Å². The SMILES string of the molecule is CN(C)c1c(Cl)cccc1CN. The summed E-state index contributed by atoms with van der Waals surface area (Å²) in [7, 11) is 3.92. The molecule has 0 saturated heterocycles. The van der Waals surface area contributed by atoms with Gasteiger partial charge in [-0.05, 0) is 11.6 Å². The first kappa shape index (κ1) is 9.36. The van der Waals surface area contributed by atoms with E-state index >= 15 is 0 Å². The average Bonchev–Trinajstić information content (AvgIpc) is 2.03. The number of hydrogen-bond acceptors (Lipinski definition) is 2. The molecule has 0 bridgehead atoms. The van der Waals surface area contributed by atoms with Crippen LogP contribution in [0.5, 0.6) is 0 Å². The maximum Gasteiger partial charge on any atom is 0.0642 e. The van der Waals surface area contributed by atoms with Crippen molar-refractivity contribution in [1.82, 2.24) is 0 Å². The number of benzene rings is 1. The highest BCUT2D eigenvalue weighted by Crippen LogP contribution is 2.27. The predicted molar refractivity (Wildman–Crippen MR) is 53.7 cm³/mol. The molecule has 1 aromatic carbocycles. The zero-order valence-electron chi connectivity index (χ0n) is 7.34. The van der Waals surface area contributed by atoms with Crippen molar-refractivity contribution in [3.05, 3.63) is 28.8 Å². The van der Waals surface area contributed by atoms with Gasteiger partial charge >= 0.3 is 0 Å². The van der Waals surface area contributed by atoms with E-state index in [1.54, 1.807) is 0 Å². The van der Waals surface area contributed by atoms with E-state index in [1.165, 1.54) is 0 Å². The summed E-state index contributed by atoms with van der Waals surface area (Å²) < 4.78 is 0. The van der Waals surface area contributed by atoms with Gasteiger partial charge in [-0.2, -0.15) is 0 Å². The molecular weight excluding hydrogens is 172 g/mol. The van der Waals surface area contributed by atoms with Crippen molar-refractivity contribution >= 4 is 17.3 Å². The molecule has 12 heavy (non-hydrogen) atoms. The Morgan fingerprint density at radius 1 is 1.42 bits per heavy atom. The van der Waals surface area contributed by atoms with Gasteiger partial charge in [0.15, 0.2) is 0 Å². The maximum absolute atomic E-state index is 6.01. The van der Waals surface area contributed by atoms with Gasteiger partial charge in [-0.1, -0.05) is 23.7 Å². The van der Waals surface area contributed by atoms with Crippen molar-refractivity contribution in [2.24, 2.45) is 5.73 Å². The van der Waals surface area contributed by atoms with Gasteiger partial charge in [0.25, 0.3) is 0 Å². The summed E-state index contributed by atoms with van der Waals surface area (Å²) in [6.45, 7) is 0.522. The molecule has 0 atom stereocenters. The van der Waals surface area contributed by atoms with Crippen molar-refractivity contribution < 1.29 is 0 Å². The van der Waals surface area contributed by atoms with Crippen LogP contribution in [0.2, 0.25) is 5.02 Å². The summed E-state index contributed by atoms with van der Waals surface area (Å²) in [6, 6.07) is 5.77. The number of rotatable bonds is 2. The molecule has 0 aliphatic rings. The summed E-state index contributed by atoms with van der Waals surface area (Å²) >= 11 is 6.01. The zero-order chi connectivity index (χ0) is 9.14. The minimum absolute atomic E-state index is 0.522. The lowest BCUT2D eigenvalue weighted by Gasteiger charge is -2.17. The van der Waals surface area contributed by atoms with Gasteiger partial charge in [0, 0.05) is 20.6 Å². The number of anilines is 1. The number of halogens is 1. The fraction of sp³-hybridized carbons (Fsp3) is 0.333. The third-order valence-corrected chi connectivity index (χ3v) is 2.04. The van der Waals surface area contributed by atoms with Crippen LogP contribution in [-0.4, -0.2) is 14.1 Å². The molecule has 0 unspecified atom stereocenters. The monoisotopic (exact) mass is 184 g/mol. The van der Waals surface area contributed by atoms with E-state index in [1.807, 2.05) is 37.2 Å². The minimum Gasteiger partial charge on any atom is -0.376 e. The summed E-state index contributed by atoms with van der Waals surface area (Å²) in [5.41, 5.74) is 7.66. The molecule has 3 heteroatoms. The Morgan fingerprint density at radius 2 is 2.08 bits per heavy atom. The fourth-order valence-electron chi connectivity index (χ4n) is 1.23. The van der Waals surface area contributed by atoms with Crippen molar-refractivity contribution in [2.75, 3.05) is 19.0 Å². The molecule has 0 radical (unpaired) electrons. The molecule has 0 aliphatic heterocycles. The molecule has 2 N–H and O–H groups in total. The van der Waals surface area contributed by atoms with Gasteiger partial charge in [-0.3, -0.25) is 0 Å². The van der Waals surface area contributed by atoms with E-state index in [-0.39, 0.29) is 0 Å². The Kier molecular flexibility index (Phi) is 2.95. The van der Waals surface area contributed by atoms with Crippen LogP contribution in [0.3, 0.4) is 0 Å². The van der Waals surface area contributed by atoms with Crippen LogP contribution in [0, 0.1) is 0 Å². The summed E-state index contributed by atoms with van der Waals surface area (Å²) in [6.07, 6.45) is 0. The molecule has 0 spiro atoms. The highest BCUT2D eigenvalue weighted by Gasteiger charge is 2.06. The number of nitrogens with two attached hydrogens (primary N) is 1. The van der Waals surface area contributed by atoms with Crippen LogP contribution >= 0.6 is 11.6 Å². The first-order valence-electron chi connectivity index (χ1n) is 3.81. The van der Waals surface area contributed by atoms with E-state index in [2.05, 4.69) is 0 Å². The fourth-order valence-corrected chi connectivity index (χ4v) is 1.59. The smallest absolute Gasteiger partial charge is 0.0642 e. The Balaban J connectivity index is 3.20. The predicted octanol–water partition coefficient (Wildman–Crippen LogP) is 1.86. The van der Waals surface area contributed by atoms with Gasteiger partial charge in [-0.15, -0.1) is 0 Å². The standard InChI is InChI=1S/C9H13ClN2/c1-12(2)9-7(6-11)4-3-5-8(9)10/h3-5H,6,11H2,1-2H3. The summed E-state index contributed by atoms with van der Waals surface area (Å²) in [5.74, 6) is 0. The van der Waals surface area contributed by atoms with Gasteiger partial charge in [0.2, 0.25) is 0 Å². The minimum atomic E-state index is 0.522. The molecule has 0 saturated carbocycles. The molecule has 1 aromatic rings. The third kappa shape index (κ3) is 1.71.